The smallest absolute Gasteiger partial charge is 0.243 e. The number of fused-ring (bicyclic) bond motifs is 1. The topological polar surface area (TPSA) is 79.6 Å². The molecule has 7 heteroatoms. The highest BCUT2D eigenvalue weighted by Gasteiger charge is 2.36. The number of hydrogen-bond acceptors (Lipinski definition) is 4. The summed E-state index contributed by atoms with van der Waals surface area (Å²) in [7, 11) is -2.08. The van der Waals surface area contributed by atoms with E-state index in [1.807, 2.05) is 12.1 Å². The van der Waals surface area contributed by atoms with Crippen molar-refractivity contribution in [2.24, 2.45) is 5.92 Å². The van der Waals surface area contributed by atoms with E-state index in [1.165, 1.54) is 10.4 Å². The fourth-order valence-corrected chi connectivity index (χ4v) is 4.59. The Morgan fingerprint density at radius 3 is 2.73 bits per heavy atom. The zero-order valence-corrected chi connectivity index (χ0v) is 15.7. The fraction of sp³-hybridized carbons (Fsp3) is 0.421. The maximum Gasteiger partial charge on any atom is 0.243 e. The van der Waals surface area contributed by atoms with Gasteiger partial charge in [0.25, 0.3) is 0 Å². The van der Waals surface area contributed by atoms with Crippen molar-refractivity contribution in [1.82, 2.24) is 4.31 Å². The Kier molecular flexibility index (Phi) is 4.16. The molecule has 138 valence electrons. The molecular weight excluding hydrogens is 352 g/mol. The highest BCUT2D eigenvalue weighted by Crippen LogP contribution is 2.47. The molecule has 1 aromatic heterocycles. The molecule has 0 bridgehead atoms. The Hall–Kier alpha value is -2.12. The lowest BCUT2D eigenvalue weighted by atomic mass is 10.0. The van der Waals surface area contributed by atoms with Gasteiger partial charge in [0, 0.05) is 25.1 Å². The number of anilines is 1. The van der Waals surface area contributed by atoms with Crippen LogP contribution < -0.4 is 5.32 Å². The molecule has 2 heterocycles. The van der Waals surface area contributed by atoms with Gasteiger partial charge in [-0.1, -0.05) is 6.92 Å². The largest absolute Gasteiger partial charge is 0.464 e. The zero-order valence-electron chi connectivity index (χ0n) is 14.9. The van der Waals surface area contributed by atoms with Gasteiger partial charge in [0.2, 0.25) is 15.9 Å². The van der Waals surface area contributed by atoms with E-state index in [0.717, 1.165) is 17.7 Å². The molecule has 0 spiro atoms. The highest BCUT2D eigenvalue weighted by molar-refractivity contribution is 7.89. The van der Waals surface area contributed by atoms with Crippen molar-refractivity contribution in [1.29, 1.82) is 0 Å². The molecule has 2 aliphatic rings. The van der Waals surface area contributed by atoms with Gasteiger partial charge in [0.15, 0.2) is 0 Å². The zero-order chi connectivity index (χ0) is 18.5. The molecule has 1 amide bonds. The number of nitrogens with one attached hydrogen (secondary N) is 1. The van der Waals surface area contributed by atoms with Gasteiger partial charge in [0.1, 0.15) is 11.5 Å². The third kappa shape index (κ3) is 3.17. The molecular formula is C19H22N2O4S. The number of carbonyl (C=O) groups is 1. The molecule has 2 aromatic rings. The van der Waals surface area contributed by atoms with Crippen LogP contribution in [-0.4, -0.2) is 25.7 Å². The van der Waals surface area contributed by atoms with Gasteiger partial charge in [-0.25, -0.2) is 8.42 Å². The van der Waals surface area contributed by atoms with E-state index in [0.29, 0.717) is 36.1 Å². The molecule has 2 unspecified atom stereocenters. The van der Waals surface area contributed by atoms with Crippen molar-refractivity contribution in [2.75, 3.05) is 12.4 Å². The van der Waals surface area contributed by atoms with Crippen LogP contribution in [0.4, 0.5) is 5.69 Å². The lowest BCUT2D eigenvalue weighted by Gasteiger charge is -2.20. The van der Waals surface area contributed by atoms with Crippen molar-refractivity contribution in [2.45, 2.75) is 43.5 Å². The van der Waals surface area contributed by atoms with Crippen LogP contribution in [0.1, 0.15) is 42.8 Å². The maximum absolute atomic E-state index is 12.9. The normalized spacial score (nSPS) is 22.2. The number of nitrogens with zero attached hydrogens (tertiary/aromatic N) is 1. The van der Waals surface area contributed by atoms with E-state index in [9.17, 15) is 13.2 Å². The Labute approximate surface area is 153 Å². The molecule has 1 fully saturated rings. The Morgan fingerprint density at radius 1 is 1.23 bits per heavy atom. The number of aryl methyl sites for hydroxylation is 1. The van der Waals surface area contributed by atoms with Crippen LogP contribution in [0.3, 0.4) is 0 Å². The van der Waals surface area contributed by atoms with Crippen LogP contribution in [-0.2, 0) is 27.8 Å². The molecule has 1 aliphatic heterocycles. The third-order valence-corrected chi connectivity index (χ3v) is 7.02. The van der Waals surface area contributed by atoms with E-state index >= 15 is 0 Å². The minimum atomic E-state index is -3.63. The SMILES string of the molecule is CC1CC1c1ccc(CN(C)S(=O)(=O)c2ccc3c(c2)CCC(=O)N3)o1. The summed E-state index contributed by atoms with van der Waals surface area (Å²) >= 11 is 0. The highest BCUT2D eigenvalue weighted by atomic mass is 32.2. The average Bonchev–Trinajstić information content (AvgIpc) is 3.15. The Balaban J connectivity index is 1.52. The van der Waals surface area contributed by atoms with Crippen LogP contribution in [0.15, 0.2) is 39.6 Å². The second-order valence-corrected chi connectivity index (χ2v) is 9.30. The molecule has 26 heavy (non-hydrogen) atoms. The van der Waals surface area contributed by atoms with Crippen molar-refractivity contribution in [3.05, 3.63) is 47.4 Å². The van der Waals surface area contributed by atoms with Crippen LogP contribution in [0.25, 0.3) is 0 Å². The number of carbonyl (C=O) groups excluding carboxylic acids is 1. The minimum Gasteiger partial charge on any atom is -0.464 e. The molecule has 0 saturated heterocycles. The third-order valence-electron chi connectivity index (χ3n) is 5.22. The average molecular weight is 374 g/mol. The van der Waals surface area contributed by atoms with Crippen molar-refractivity contribution in [3.63, 3.8) is 0 Å². The van der Waals surface area contributed by atoms with Gasteiger partial charge in [-0.05, 0) is 54.7 Å². The Bertz CT molecular complexity index is 964. The summed E-state index contributed by atoms with van der Waals surface area (Å²) in [5.74, 6) is 2.68. The molecule has 6 nitrogen and oxygen atoms in total. The summed E-state index contributed by atoms with van der Waals surface area (Å²) in [5, 5.41) is 2.77. The molecule has 0 radical (unpaired) electrons. The first-order chi connectivity index (χ1) is 12.3. The number of furan rings is 1. The second-order valence-electron chi connectivity index (χ2n) is 7.25. The first kappa shape index (κ1) is 17.3. The van der Waals surface area contributed by atoms with Gasteiger partial charge < -0.3 is 9.73 Å². The molecule has 1 saturated carbocycles. The summed E-state index contributed by atoms with van der Waals surface area (Å²) < 4.78 is 32.9. The summed E-state index contributed by atoms with van der Waals surface area (Å²) in [6, 6.07) is 8.66. The van der Waals surface area contributed by atoms with Gasteiger partial charge >= 0.3 is 0 Å². The quantitative estimate of drug-likeness (QED) is 0.872. The molecule has 4 rings (SSSR count). The molecule has 2 atom stereocenters. The first-order valence-corrected chi connectivity index (χ1v) is 10.3. The van der Waals surface area contributed by atoms with Gasteiger partial charge in [-0.15, -0.1) is 0 Å². The van der Waals surface area contributed by atoms with E-state index in [-0.39, 0.29) is 17.3 Å². The van der Waals surface area contributed by atoms with E-state index in [2.05, 4.69) is 12.2 Å². The summed E-state index contributed by atoms with van der Waals surface area (Å²) in [5.41, 5.74) is 1.54. The number of benzene rings is 1. The fourth-order valence-electron chi connectivity index (χ4n) is 3.40. The Morgan fingerprint density at radius 2 is 2.00 bits per heavy atom. The molecule has 1 N–H and O–H groups in total. The van der Waals surface area contributed by atoms with Crippen LogP contribution in [0.5, 0.6) is 0 Å². The van der Waals surface area contributed by atoms with Crippen LogP contribution in [0.2, 0.25) is 0 Å². The van der Waals surface area contributed by atoms with Crippen molar-refractivity contribution < 1.29 is 17.6 Å². The van der Waals surface area contributed by atoms with Crippen LogP contribution in [0, 0.1) is 5.92 Å². The second kappa shape index (κ2) is 6.25. The monoisotopic (exact) mass is 374 g/mol. The number of hydrogen-bond donors (Lipinski definition) is 1. The minimum absolute atomic E-state index is 0.0381. The van der Waals surface area contributed by atoms with Crippen LogP contribution >= 0.6 is 0 Å². The molecule has 1 aliphatic carbocycles. The van der Waals surface area contributed by atoms with Gasteiger partial charge in [-0.2, -0.15) is 4.31 Å². The number of rotatable bonds is 5. The van der Waals surface area contributed by atoms with Crippen molar-refractivity contribution in [3.8, 4) is 0 Å². The standard InChI is InChI=1S/C19H22N2O4S/c1-12-9-16(12)18-7-4-14(25-18)11-21(2)26(23,24)15-5-6-17-13(10-15)3-8-19(22)20-17/h4-7,10,12,16H,3,8-9,11H2,1-2H3,(H,20,22). The lowest BCUT2D eigenvalue weighted by molar-refractivity contribution is -0.116. The molecule has 1 aromatic carbocycles. The maximum atomic E-state index is 12.9. The van der Waals surface area contributed by atoms with Gasteiger partial charge in [0.05, 0.1) is 11.4 Å². The van der Waals surface area contributed by atoms with Gasteiger partial charge in [-0.3, -0.25) is 4.79 Å². The van der Waals surface area contributed by atoms with E-state index in [4.69, 9.17) is 4.42 Å². The predicted octanol–water partition coefficient (Wildman–Crippen LogP) is 3.11. The first-order valence-electron chi connectivity index (χ1n) is 8.82. The summed E-state index contributed by atoms with van der Waals surface area (Å²) in [4.78, 5) is 11.7. The van der Waals surface area contributed by atoms with E-state index in [1.54, 1.807) is 19.2 Å². The summed E-state index contributed by atoms with van der Waals surface area (Å²) in [6.45, 7) is 2.37. The van der Waals surface area contributed by atoms with Crippen molar-refractivity contribution >= 4 is 21.6 Å². The predicted molar refractivity (Wildman–Crippen MR) is 97.3 cm³/mol. The number of sulfonamides is 1. The number of amides is 1. The summed E-state index contributed by atoms with van der Waals surface area (Å²) in [6.07, 6.45) is 2.06. The lowest BCUT2D eigenvalue weighted by Crippen LogP contribution is -2.27. The van der Waals surface area contributed by atoms with E-state index < -0.39 is 10.0 Å².